The molecular weight excluding hydrogens is 312 g/mol. The van der Waals surface area contributed by atoms with E-state index < -0.39 is 0 Å². The second-order valence-corrected chi connectivity index (χ2v) is 5.94. The van der Waals surface area contributed by atoms with E-state index >= 15 is 0 Å². The van der Waals surface area contributed by atoms with Crippen LogP contribution in [0.5, 0.6) is 0 Å². The Morgan fingerprint density at radius 3 is 2.32 bits per heavy atom. The van der Waals surface area contributed by atoms with Gasteiger partial charge in [0.05, 0.1) is 31.1 Å². The van der Waals surface area contributed by atoms with Crippen LogP contribution in [0, 0.1) is 0 Å². The summed E-state index contributed by atoms with van der Waals surface area (Å²) >= 11 is 0. The minimum absolute atomic E-state index is 0.0261. The lowest BCUT2D eigenvalue weighted by Gasteiger charge is -2.14. The molecule has 0 bridgehead atoms. The Labute approximate surface area is 145 Å². The predicted molar refractivity (Wildman–Crippen MR) is 96.2 cm³/mol. The maximum atomic E-state index is 9.94. The molecule has 2 heterocycles. The van der Waals surface area contributed by atoms with E-state index in [0.717, 1.165) is 22.4 Å². The van der Waals surface area contributed by atoms with E-state index in [0.29, 0.717) is 6.54 Å². The number of fused-ring (bicyclic) bond motifs is 1. The van der Waals surface area contributed by atoms with E-state index in [9.17, 15) is 5.11 Å². The highest BCUT2D eigenvalue weighted by molar-refractivity contribution is 5.74. The predicted octanol–water partition coefficient (Wildman–Crippen LogP) is 3.00. The highest BCUT2D eigenvalue weighted by Gasteiger charge is 2.20. The Morgan fingerprint density at radius 2 is 1.60 bits per heavy atom. The molecule has 1 unspecified atom stereocenters. The highest BCUT2D eigenvalue weighted by atomic mass is 16.3. The second kappa shape index (κ2) is 6.83. The summed E-state index contributed by atoms with van der Waals surface area (Å²) in [6.45, 7) is 0.671. The molecule has 5 nitrogen and oxygen atoms in total. The number of aromatic nitrogens is 4. The number of aliphatic hydroxyl groups excluding tert-OH is 1. The molecule has 25 heavy (non-hydrogen) atoms. The summed E-state index contributed by atoms with van der Waals surface area (Å²) in [5.41, 5.74) is 4.47. The van der Waals surface area contributed by atoms with Gasteiger partial charge in [-0.1, -0.05) is 60.7 Å². The number of hydrogen-bond donors (Lipinski definition) is 1. The number of hydrogen-bond acceptors (Lipinski definition) is 4. The summed E-state index contributed by atoms with van der Waals surface area (Å²) in [6, 6.07) is 20.1. The SMILES string of the molecule is OCC(c1ccccc1)c1ncnc2c1ncn2Cc1ccccc1. The van der Waals surface area contributed by atoms with Crippen molar-refractivity contribution in [2.24, 2.45) is 0 Å². The van der Waals surface area contributed by atoms with Crippen molar-refractivity contribution < 1.29 is 5.11 Å². The van der Waals surface area contributed by atoms with Gasteiger partial charge < -0.3 is 9.67 Å². The monoisotopic (exact) mass is 330 g/mol. The third kappa shape index (κ3) is 3.02. The normalized spacial score (nSPS) is 12.4. The first-order chi connectivity index (χ1) is 12.4. The highest BCUT2D eigenvalue weighted by Crippen LogP contribution is 2.27. The standard InChI is InChI=1S/C20H18N4O/c25-12-17(16-9-5-2-6-10-16)18-19-20(22-13-21-18)24(14-23-19)11-15-7-3-1-4-8-15/h1-10,13-14,17,25H,11-12H2. The molecule has 0 fully saturated rings. The lowest BCUT2D eigenvalue weighted by molar-refractivity contribution is 0.279. The molecule has 0 aliphatic rings. The van der Waals surface area contributed by atoms with Crippen molar-refractivity contribution in [3.05, 3.63) is 90.1 Å². The van der Waals surface area contributed by atoms with Crippen LogP contribution in [0.2, 0.25) is 0 Å². The lowest BCUT2D eigenvalue weighted by Crippen LogP contribution is -2.09. The maximum absolute atomic E-state index is 9.94. The number of nitrogens with zero attached hydrogens (tertiary/aromatic N) is 4. The van der Waals surface area contributed by atoms with Gasteiger partial charge in [-0.2, -0.15) is 0 Å². The van der Waals surface area contributed by atoms with Gasteiger partial charge in [0.2, 0.25) is 0 Å². The Bertz CT molecular complexity index is 967. The zero-order valence-corrected chi connectivity index (χ0v) is 13.7. The van der Waals surface area contributed by atoms with E-state index in [2.05, 4.69) is 27.1 Å². The molecular formula is C20H18N4O. The first-order valence-electron chi connectivity index (χ1n) is 8.22. The number of imidazole rings is 1. The van der Waals surface area contributed by atoms with Crippen LogP contribution >= 0.6 is 0 Å². The quantitative estimate of drug-likeness (QED) is 0.611. The zero-order valence-electron chi connectivity index (χ0n) is 13.7. The van der Waals surface area contributed by atoms with E-state index in [-0.39, 0.29) is 12.5 Å². The van der Waals surface area contributed by atoms with Gasteiger partial charge in [0.1, 0.15) is 11.8 Å². The van der Waals surface area contributed by atoms with Crippen LogP contribution in [0.1, 0.15) is 22.7 Å². The largest absolute Gasteiger partial charge is 0.395 e. The van der Waals surface area contributed by atoms with Crippen molar-refractivity contribution in [2.75, 3.05) is 6.61 Å². The molecule has 0 saturated carbocycles. The molecule has 124 valence electrons. The van der Waals surface area contributed by atoms with E-state index in [1.54, 1.807) is 12.7 Å². The van der Waals surface area contributed by atoms with Gasteiger partial charge in [0, 0.05) is 0 Å². The van der Waals surface area contributed by atoms with Gasteiger partial charge >= 0.3 is 0 Å². The average molecular weight is 330 g/mol. The smallest absolute Gasteiger partial charge is 0.163 e. The van der Waals surface area contributed by atoms with Gasteiger partial charge in [-0.15, -0.1) is 0 Å². The van der Waals surface area contributed by atoms with Crippen molar-refractivity contribution in [2.45, 2.75) is 12.5 Å². The first-order valence-corrected chi connectivity index (χ1v) is 8.22. The molecule has 2 aromatic heterocycles. The maximum Gasteiger partial charge on any atom is 0.163 e. The summed E-state index contributed by atoms with van der Waals surface area (Å²) < 4.78 is 2.01. The second-order valence-electron chi connectivity index (χ2n) is 5.94. The molecule has 0 amide bonds. The molecule has 0 radical (unpaired) electrons. The molecule has 0 spiro atoms. The molecule has 2 aromatic carbocycles. The van der Waals surface area contributed by atoms with Crippen LogP contribution in [0.15, 0.2) is 73.3 Å². The van der Waals surface area contributed by atoms with Gasteiger partial charge in [-0.25, -0.2) is 15.0 Å². The fraction of sp³-hybridized carbons (Fsp3) is 0.150. The molecule has 5 heteroatoms. The Balaban J connectivity index is 1.76. The Hall–Kier alpha value is -3.05. The van der Waals surface area contributed by atoms with Crippen LogP contribution < -0.4 is 0 Å². The molecule has 1 N–H and O–H groups in total. The fourth-order valence-corrected chi connectivity index (χ4v) is 3.08. The van der Waals surface area contributed by atoms with Crippen LogP contribution in [-0.4, -0.2) is 31.2 Å². The summed E-state index contributed by atoms with van der Waals surface area (Å²) in [5.74, 6) is -0.216. The summed E-state index contributed by atoms with van der Waals surface area (Å²) in [4.78, 5) is 13.4. The summed E-state index contributed by atoms with van der Waals surface area (Å²) in [5, 5.41) is 9.94. The van der Waals surface area contributed by atoms with Crippen molar-refractivity contribution in [3.8, 4) is 0 Å². The van der Waals surface area contributed by atoms with Crippen LogP contribution in [-0.2, 0) is 6.54 Å². The van der Waals surface area contributed by atoms with Gasteiger partial charge in [0.15, 0.2) is 5.65 Å². The number of aliphatic hydroxyl groups is 1. The van der Waals surface area contributed by atoms with Crippen molar-refractivity contribution in [1.29, 1.82) is 0 Å². The number of rotatable bonds is 5. The number of benzene rings is 2. The summed E-state index contributed by atoms with van der Waals surface area (Å²) in [7, 11) is 0. The fourth-order valence-electron chi connectivity index (χ4n) is 3.08. The average Bonchev–Trinajstić information content (AvgIpc) is 3.08. The third-order valence-corrected chi connectivity index (χ3v) is 4.34. The van der Waals surface area contributed by atoms with Gasteiger partial charge in [0.25, 0.3) is 0 Å². The molecule has 1 atom stereocenters. The molecule has 0 saturated heterocycles. The van der Waals surface area contributed by atoms with Crippen molar-refractivity contribution in [3.63, 3.8) is 0 Å². The van der Waals surface area contributed by atoms with Gasteiger partial charge in [-0.3, -0.25) is 0 Å². The molecule has 4 aromatic rings. The summed E-state index contributed by atoms with van der Waals surface area (Å²) in [6.07, 6.45) is 3.34. The van der Waals surface area contributed by atoms with Crippen LogP contribution in [0.3, 0.4) is 0 Å². The molecule has 0 aliphatic carbocycles. The third-order valence-electron chi connectivity index (χ3n) is 4.34. The van der Waals surface area contributed by atoms with E-state index in [4.69, 9.17) is 0 Å². The van der Waals surface area contributed by atoms with Crippen LogP contribution in [0.25, 0.3) is 11.2 Å². The minimum Gasteiger partial charge on any atom is -0.395 e. The Kier molecular flexibility index (Phi) is 4.23. The molecule has 0 aliphatic heterocycles. The Morgan fingerprint density at radius 1 is 0.880 bits per heavy atom. The zero-order chi connectivity index (χ0) is 17.1. The van der Waals surface area contributed by atoms with Gasteiger partial charge in [-0.05, 0) is 11.1 Å². The van der Waals surface area contributed by atoms with E-state index in [1.165, 1.54) is 5.56 Å². The topological polar surface area (TPSA) is 63.8 Å². The van der Waals surface area contributed by atoms with Crippen molar-refractivity contribution in [1.82, 2.24) is 19.5 Å². The van der Waals surface area contributed by atoms with E-state index in [1.807, 2.05) is 53.1 Å². The lowest BCUT2D eigenvalue weighted by atomic mass is 9.96. The minimum atomic E-state index is -0.216. The van der Waals surface area contributed by atoms with Crippen molar-refractivity contribution >= 4 is 11.2 Å². The molecule has 4 rings (SSSR count). The first kappa shape index (κ1) is 15.5. The van der Waals surface area contributed by atoms with Crippen LogP contribution in [0.4, 0.5) is 0 Å².